The Bertz CT molecular complexity index is 571. The van der Waals surface area contributed by atoms with Crippen LogP contribution in [-0.4, -0.2) is 106 Å². The van der Waals surface area contributed by atoms with Crippen molar-refractivity contribution in [3.05, 3.63) is 18.5 Å². The molecule has 0 aromatic carbocycles. The van der Waals surface area contributed by atoms with Gasteiger partial charge in [-0.15, -0.1) is 0 Å². The number of nitrogens with zero attached hydrogens (tertiary/aromatic N) is 2. The van der Waals surface area contributed by atoms with Gasteiger partial charge in [-0.1, -0.05) is 37.4 Å². The molecule has 0 saturated carbocycles. The molecule has 1 aromatic heterocycles. The van der Waals surface area contributed by atoms with Gasteiger partial charge in [0.25, 0.3) is 0 Å². The van der Waals surface area contributed by atoms with Gasteiger partial charge >= 0.3 is 74.3 Å². The van der Waals surface area contributed by atoms with Crippen LogP contribution in [0.2, 0.25) is 0 Å². The average Bonchev–Trinajstić information content (AvgIpc) is 2.51. The van der Waals surface area contributed by atoms with E-state index in [4.69, 9.17) is 19.6 Å². The number of nitrogens with one attached hydrogen (secondary N) is 1. The third kappa shape index (κ3) is 15.2. The van der Waals surface area contributed by atoms with E-state index >= 15 is 0 Å². The van der Waals surface area contributed by atoms with Crippen LogP contribution in [-0.2, 0) is 9.13 Å². The summed E-state index contributed by atoms with van der Waals surface area (Å²) in [4.78, 5) is 44.1. The fourth-order valence-corrected chi connectivity index (χ4v) is 5.23. The molecule has 27 heavy (non-hydrogen) atoms. The summed E-state index contributed by atoms with van der Waals surface area (Å²) in [6.45, 7) is 0.155. The van der Waals surface area contributed by atoms with Crippen LogP contribution in [0.4, 0.5) is 0 Å². The van der Waals surface area contributed by atoms with Gasteiger partial charge in [0.2, 0.25) is 5.52 Å². The quantitative estimate of drug-likeness (QED) is 0.0939. The number of unbranched alkanes of at least 4 members (excludes halogenated alkanes) is 5. The number of hydrogen-bond donors (Lipinski definition) is 5. The van der Waals surface area contributed by atoms with Gasteiger partial charge in [0.05, 0.1) is 0 Å². The maximum atomic E-state index is 11.1. The SMILES string of the molecule is O=P(O)(O)C(NCCCCCCCCSc1ncccn1)P(=O)(O)O.[NaH].[NaH]. The molecule has 0 saturated heterocycles. The molecule has 0 atom stereocenters. The summed E-state index contributed by atoms with van der Waals surface area (Å²) in [6, 6.07) is 1.78. The predicted molar refractivity (Wildman–Crippen MR) is 111 cm³/mol. The van der Waals surface area contributed by atoms with Gasteiger partial charge in [-0.2, -0.15) is 0 Å². The van der Waals surface area contributed by atoms with Crippen molar-refractivity contribution >= 4 is 86.1 Å². The van der Waals surface area contributed by atoms with Crippen LogP contribution in [0, 0.1) is 0 Å². The molecule has 0 radical (unpaired) electrons. The molecule has 14 heteroatoms. The Morgan fingerprint density at radius 2 is 1.37 bits per heavy atom. The topological polar surface area (TPSA) is 153 Å². The van der Waals surface area contributed by atoms with Crippen LogP contribution in [0.3, 0.4) is 0 Å². The van der Waals surface area contributed by atoms with Crippen molar-refractivity contribution in [2.45, 2.75) is 49.2 Å². The Morgan fingerprint density at radius 3 is 1.89 bits per heavy atom. The normalized spacial score (nSPS) is 11.7. The monoisotopic (exact) mass is 461 g/mol. The van der Waals surface area contributed by atoms with Crippen molar-refractivity contribution < 1.29 is 28.7 Å². The van der Waals surface area contributed by atoms with E-state index < -0.39 is 20.7 Å². The molecule has 5 N–H and O–H groups in total. The number of aromatic nitrogens is 2. The second-order valence-corrected chi connectivity index (χ2v) is 10.4. The molecule has 0 amide bonds. The van der Waals surface area contributed by atoms with Crippen molar-refractivity contribution in [3.63, 3.8) is 0 Å². The predicted octanol–water partition coefficient (Wildman–Crippen LogP) is 0.841. The standard InChI is InChI=1S/C13H25N3O6P2S.2Na.2H/c17-23(18,19)13(24(20,21)22)16-8-5-3-1-2-4-6-11-25-12-14-9-7-10-15-12;;;;/h7,9-10,13,16H,1-6,8,11H2,(H2,17,18,19)(H2,20,21,22);;;;. The summed E-state index contributed by atoms with van der Waals surface area (Å²) in [5, 5.41) is 3.06. The van der Waals surface area contributed by atoms with Gasteiger partial charge in [-0.05, 0) is 25.5 Å². The molecule has 0 aliphatic heterocycles. The van der Waals surface area contributed by atoms with Gasteiger partial charge in [0, 0.05) is 18.1 Å². The first-order chi connectivity index (χ1) is 11.7. The fraction of sp³-hybridized carbons (Fsp3) is 0.692. The zero-order valence-corrected chi connectivity index (χ0v) is 16.4. The van der Waals surface area contributed by atoms with Crippen LogP contribution < -0.4 is 5.32 Å². The van der Waals surface area contributed by atoms with Gasteiger partial charge in [0.1, 0.15) is 0 Å². The molecule has 1 rings (SSSR count). The Morgan fingerprint density at radius 1 is 0.889 bits per heavy atom. The van der Waals surface area contributed by atoms with E-state index in [1.165, 1.54) is 0 Å². The van der Waals surface area contributed by atoms with E-state index in [0.29, 0.717) is 6.42 Å². The third-order valence-electron chi connectivity index (χ3n) is 3.31. The summed E-state index contributed by atoms with van der Waals surface area (Å²) in [6.07, 6.45) is 8.99. The molecule has 0 spiro atoms. The number of hydrogen-bond acceptors (Lipinski definition) is 6. The van der Waals surface area contributed by atoms with E-state index in [-0.39, 0.29) is 65.7 Å². The van der Waals surface area contributed by atoms with Gasteiger partial charge in [-0.25, -0.2) is 9.97 Å². The molecular weight excluding hydrogens is 434 g/mol. The molecule has 0 aliphatic carbocycles. The Kier molecular flexibility index (Phi) is 18.7. The van der Waals surface area contributed by atoms with Crippen LogP contribution in [0.1, 0.15) is 38.5 Å². The first-order valence-electron chi connectivity index (χ1n) is 7.95. The summed E-state index contributed by atoms with van der Waals surface area (Å²) in [5.41, 5.74) is -2.11. The minimum absolute atomic E-state index is 0. The second-order valence-electron chi connectivity index (χ2n) is 5.51. The number of rotatable bonds is 13. The molecule has 0 unspecified atom stereocenters. The first kappa shape index (κ1) is 30.9. The molecule has 1 aromatic rings. The van der Waals surface area contributed by atoms with E-state index in [2.05, 4.69) is 15.3 Å². The van der Waals surface area contributed by atoms with Gasteiger partial charge < -0.3 is 19.6 Å². The summed E-state index contributed by atoms with van der Waals surface area (Å²) in [7, 11) is -9.77. The average molecular weight is 461 g/mol. The van der Waals surface area contributed by atoms with E-state index in [0.717, 1.165) is 43.0 Å². The zero-order chi connectivity index (χ0) is 18.8. The van der Waals surface area contributed by atoms with Crippen molar-refractivity contribution in [2.24, 2.45) is 0 Å². The third-order valence-corrected chi connectivity index (χ3v) is 7.71. The van der Waals surface area contributed by atoms with Crippen LogP contribution in [0.15, 0.2) is 23.6 Å². The zero-order valence-electron chi connectivity index (χ0n) is 13.8. The van der Waals surface area contributed by atoms with E-state index in [1.807, 2.05) is 0 Å². The molecule has 0 bridgehead atoms. The Hall–Kier alpha value is 1.69. The first-order valence-corrected chi connectivity index (χ1v) is 12.3. The number of thioether (sulfide) groups is 1. The van der Waals surface area contributed by atoms with Crippen molar-refractivity contribution in [1.29, 1.82) is 0 Å². The van der Waals surface area contributed by atoms with Gasteiger partial charge in [-0.3, -0.25) is 14.4 Å². The molecule has 9 nitrogen and oxygen atoms in total. The van der Waals surface area contributed by atoms with Crippen LogP contribution >= 0.6 is 27.0 Å². The summed E-state index contributed by atoms with van der Waals surface area (Å²) < 4.78 is 22.2. The fourth-order valence-electron chi connectivity index (χ4n) is 2.12. The van der Waals surface area contributed by atoms with Crippen LogP contribution in [0.25, 0.3) is 0 Å². The van der Waals surface area contributed by atoms with E-state index in [1.54, 1.807) is 30.2 Å². The van der Waals surface area contributed by atoms with Gasteiger partial charge in [0.15, 0.2) is 5.16 Å². The summed E-state index contributed by atoms with van der Waals surface area (Å²) >= 11 is 1.62. The van der Waals surface area contributed by atoms with Crippen molar-refractivity contribution in [2.75, 3.05) is 12.3 Å². The molecule has 0 fully saturated rings. The second kappa shape index (κ2) is 16.4. The maximum absolute atomic E-state index is 11.1. The summed E-state index contributed by atoms with van der Waals surface area (Å²) in [5.74, 6) is 0.956. The molecular formula is C13H27N3Na2O6P2S. The minimum atomic E-state index is -4.88. The Balaban J connectivity index is 0. The molecule has 148 valence electrons. The molecule has 1 heterocycles. The van der Waals surface area contributed by atoms with E-state index in [9.17, 15) is 9.13 Å². The van der Waals surface area contributed by atoms with Crippen LogP contribution in [0.5, 0.6) is 0 Å². The van der Waals surface area contributed by atoms with Crippen molar-refractivity contribution in [3.8, 4) is 0 Å². The van der Waals surface area contributed by atoms with Crippen molar-refractivity contribution in [1.82, 2.24) is 15.3 Å². The molecule has 0 aliphatic rings. The Labute approximate surface area is 208 Å².